The highest BCUT2D eigenvalue weighted by Crippen LogP contribution is 2.26. The number of hydrogen-bond donors (Lipinski definition) is 1. The van der Waals surface area contributed by atoms with E-state index in [-0.39, 0.29) is 0 Å². The molecular formula is C13H17N5. The fraction of sp³-hybridized carbons (Fsp3) is 0.462. The highest BCUT2D eigenvalue weighted by Gasteiger charge is 2.21. The Bertz CT molecular complexity index is 568. The van der Waals surface area contributed by atoms with Gasteiger partial charge in [0.1, 0.15) is 5.52 Å². The van der Waals surface area contributed by atoms with E-state index in [0.29, 0.717) is 17.1 Å². The summed E-state index contributed by atoms with van der Waals surface area (Å²) in [5, 5.41) is 8.55. The molecule has 3 heterocycles. The molecule has 0 saturated carbocycles. The van der Waals surface area contributed by atoms with Crippen LogP contribution < -0.4 is 5.73 Å². The average Bonchev–Trinajstić information content (AvgIpc) is 2.39. The summed E-state index contributed by atoms with van der Waals surface area (Å²) in [5.41, 5.74) is 9.07. The molecule has 0 spiro atoms. The summed E-state index contributed by atoms with van der Waals surface area (Å²) >= 11 is 0. The number of nitrogens with zero attached hydrogens (tertiary/aromatic N) is 4. The minimum Gasteiger partial charge on any atom is -0.397 e. The molecule has 18 heavy (non-hydrogen) atoms. The van der Waals surface area contributed by atoms with Crippen LogP contribution in [0, 0.1) is 0 Å². The van der Waals surface area contributed by atoms with E-state index in [1.165, 1.54) is 19.4 Å². The van der Waals surface area contributed by atoms with E-state index in [9.17, 15) is 0 Å². The second-order valence-electron chi connectivity index (χ2n) is 5.00. The van der Waals surface area contributed by atoms with Gasteiger partial charge in [0.2, 0.25) is 0 Å². The Hall–Kier alpha value is -1.75. The summed E-state index contributed by atoms with van der Waals surface area (Å²) in [7, 11) is 2.15. The van der Waals surface area contributed by atoms with Crippen LogP contribution in [0.3, 0.4) is 0 Å². The van der Waals surface area contributed by atoms with Crippen molar-refractivity contribution in [2.45, 2.75) is 18.8 Å². The van der Waals surface area contributed by atoms with Crippen molar-refractivity contribution in [1.29, 1.82) is 0 Å². The standard InChI is InChI=1S/C13H17N5/c1-18-6-2-3-9(8-18)11-7-12-13(17-16-11)10(14)4-5-15-12/h4-5,7,9H,2-3,6,8H2,1H3,(H2,14,15). The number of anilines is 1. The van der Waals surface area contributed by atoms with E-state index in [1.807, 2.05) is 6.07 Å². The third kappa shape index (κ3) is 2.01. The average molecular weight is 243 g/mol. The van der Waals surface area contributed by atoms with Crippen LogP contribution in [0.4, 0.5) is 5.69 Å². The molecule has 5 nitrogen and oxygen atoms in total. The number of piperidine rings is 1. The Kier molecular flexibility index (Phi) is 2.83. The molecule has 3 rings (SSSR count). The van der Waals surface area contributed by atoms with E-state index in [0.717, 1.165) is 17.8 Å². The third-order valence-corrected chi connectivity index (χ3v) is 3.58. The fourth-order valence-corrected chi connectivity index (χ4v) is 2.58. The quantitative estimate of drug-likeness (QED) is 0.820. The molecule has 2 aromatic heterocycles. The van der Waals surface area contributed by atoms with Crippen LogP contribution in [0.2, 0.25) is 0 Å². The maximum Gasteiger partial charge on any atom is 0.134 e. The SMILES string of the molecule is CN1CCCC(c2cc3nccc(N)c3nn2)C1. The molecule has 1 unspecified atom stereocenters. The first-order chi connectivity index (χ1) is 8.74. The molecule has 1 fully saturated rings. The van der Waals surface area contributed by atoms with Gasteiger partial charge in [-0.15, -0.1) is 5.10 Å². The fourth-order valence-electron chi connectivity index (χ4n) is 2.58. The lowest BCUT2D eigenvalue weighted by molar-refractivity contribution is 0.248. The number of nitrogens with two attached hydrogens (primary N) is 1. The topological polar surface area (TPSA) is 67.9 Å². The molecule has 1 atom stereocenters. The van der Waals surface area contributed by atoms with E-state index >= 15 is 0 Å². The van der Waals surface area contributed by atoms with Gasteiger partial charge in [-0.05, 0) is 38.6 Å². The first-order valence-electron chi connectivity index (χ1n) is 6.30. The number of fused-ring (bicyclic) bond motifs is 1. The summed E-state index contributed by atoms with van der Waals surface area (Å²) in [6, 6.07) is 3.79. The van der Waals surface area contributed by atoms with Gasteiger partial charge in [-0.1, -0.05) is 0 Å². The molecule has 1 aliphatic heterocycles. The van der Waals surface area contributed by atoms with Gasteiger partial charge in [-0.3, -0.25) is 4.98 Å². The summed E-state index contributed by atoms with van der Waals surface area (Å²) < 4.78 is 0. The largest absolute Gasteiger partial charge is 0.397 e. The first kappa shape index (κ1) is 11.3. The highest BCUT2D eigenvalue weighted by atomic mass is 15.1. The number of nitrogen functional groups attached to an aromatic ring is 1. The Morgan fingerprint density at radius 1 is 1.39 bits per heavy atom. The van der Waals surface area contributed by atoms with Crippen LogP contribution in [-0.4, -0.2) is 40.2 Å². The molecule has 94 valence electrons. The van der Waals surface area contributed by atoms with Crippen LogP contribution in [0.5, 0.6) is 0 Å². The number of pyridine rings is 1. The van der Waals surface area contributed by atoms with Gasteiger partial charge in [0, 0.05) is 18.7 Å². The second-order valence-corrected chi connectivity index (χ2v) is 5.00. The van der Waals surface area contributed by atoms with Crippen molar-refractivity contribution < 1.29 is 0 Å². The molecular weight excluding hydrogens is 226 g/mol. The van der Waals surface area contributed by atoms with Crippen molar-refractivity contribution in [3.05, 3.63) is 24.0 Å². The minimum atomic E-state index is 0.462. The molecule has 0 amide bonds. The maximum absolute atomic E-state index is 5.86. The molecule has 0 bridgehead atoms. The van der Waals surface area contributed by atoms with Gasteiger partial charge >= 0.3 is 0 Å². The Balaban J connectivity index is 1.98. The predicted molar refractivity (Wildman–Crippen MR) is 71.2 cm³/mol. The van der Waals surface area contributed by atoms with E-state index in [2.05, 4.69) is 27.1 Å². The molecule has 2 N–H and O–H groups in total. The van der Waals surface area contributed by atoms with E-state index < -0.39 is 0 Å². The zero-order chi connectivity index (χ0) is 12.5. The van der Waals surface area contributed by atoms with Crippen molar-refractivity contribution in [2.24, 2.45) is 0 Å². The van der Waals surface area contributed by atoms with Crippen molar-refractivity contribution in [3.63, 3.8) is 0 Å². The number of likely N-dealkylation sites (tertiary alicyclic amines) is 1. The van der Waals surface area contributed by atoms with Crippen molar-refractivity contribution >= 4 is 16.7 Å². The Morgan fingerprint density at radius 2 is 2.28 bits per heavy atom. The summed E-state index contributed by atoms with van der Waals surface area (Å²) in [6.45, 7) is 2.21. The number of aromatic nitrogens is 3. The van der Waals surface area contributed by atoms with Crippen LogP contribution in [-0.2, 0) is 0 Å². The number of rotatable bonds is 1. The van der Waals surface area contributed by atoms with Crippen molar-refractivity contribution in [2.75, 3.05) is 25.9 Å². The Labute approximate surface area is 106 Å². The number of likely N-dealkylation sites (N-methyl/N-ethyl adjacent to an activating group) is 1. The third-order valence-electron chi connectivity index (χ3n) is 3.58. The van der Waals surface area contributed by atoms with Crippen LogP contribution in [0.25, 0.3) is 11.0 Å². The van der Waals surface area contributed by atoms with Gasteiger partial charge < -0.3 is 10.6 Å². The lowest BCUT2D eigenvalue weighted by Crippen LogP contribution is -2.31. The summed E-state index contributed by atoms with van der Waals surface area (Å²) in [4.78, 5) is 6.66. The van der Waals surface area contributed by atoms with Crippen molar-refractivity contribution in [1.82, 2.24) is 20.1 Å². The molecule has 0 aliphatic carbocycles. The van der Waals surface area contributed by atoms with Crippen molar-refractivity contribution in [3.8, 4) is 0 Å². The van der Waals surface area contributed by atoms with E-state index in [1.54, 1.807) is 12.3 Å². The smallest absolute Gasteiger partial charge is 0.134 e. The molecule has 1 aliphatic rings. The monoisotopic (exact) mass is 243 g/mol. The van der Waals surface area contributed by atoms with Gasteiger partial charge in [-0.2, -0.15) is 5.10 Å². The lowest BCUT2D eigenvalue weighted by atomic mass is 9.95. The lowest BCUT2D eigenvalue weighted by Gasteiger charge is -2.28. The molecule has 0 radical (unpaired) electrons. The van der Waals surface area contributed by atoms with Gasteiger partial charge in [-0.25, -0.2) is 0 Å². The summed E-state index contributed by atoms with van der Waals surface area (Å²) in [6.07, 6.45) is 4.11. The molecule has 5 heteroatoms. The van der Waals surface area contributed by atoms with Gasteiger partial charge in [0.15, 0.2) is 0 Å². The van der Waals surface area contributed by atoms with Gasteiger partial charge in [0.05, 0.1) is 16.9 Å². The minimum absolute atomic E-state index is 0.462. The predicted octanol–water partition coefficient (Wildman–Crippen LogP) is 1.42. The molecule has 2 aromatic rings. The van der Waals surface area contributed by atoms with E-state index in [4.69, 9.17) is 5.73 Å². The van der Waals surface area contributed by atoms with Crippen LogP contribution in [0.15, 0.2) is 18.3 Å². The molecule has 0 aromatic carbocycles. The van der Waals surface area contributed by atoms with Gasteiger partial charge in [0.25, 0.3) is 0 Å². The van der Waals surface area contributed by atoms with Crippen LogP contribution >= 0.6 is 0 Å². The zero-order valence-electron chi connectivity index (χ0n) is 10.5. The normalized spacial score (nSPS) is 21.3. The zero-order valence-corrected chi connectivity index (χ0v) is 10.5. The second kappa shape index (κ2) is 4.49. The maximum atomic E-state index is 5.86. The highest BCUT2D eigenvalue weighted by molar-refractivity contribution is 5.85. The van der Waals surface area contributed by atoms with Crippen LogP contribution in [0.1, 0.15) is 24.5 Å². The Morgan fingerprint density at radius 3 is 3.11 bits per heavy atom. The summed E-state index contributed by atoms with van der Waals surface area (Å²) in [5.74, 6) is 0.462. The number of hydrogen-bond acceptors (Lipinski definition) is 5. The molecule has 1 saturated heterocycles. The first-order valence-corrected chi connectivity index (χ1v) is 6.30.